The van der Waals surface area contributed by atoms with Crippen molar-refractivity contribution in [3.05, 3.63) is 96.6 Å². The van der Waals surface area contributed by atoms with Crippen molar-refractivity contribution in [2.45, 2.75) is 11.5 Å². The number of oxazole rings is 1. The Hall–Kier alpha value is -3.65. The molecule has 152 valence electrons. The topological polar surface area (TPSA) is 81.4 Å². The Labute approximate surface area is 173 Å². The second-order valence-corrected chi connectivity index (χ2v) is 7.99. The van der Waals surface area contributed by atoms with Crippen LogP contribution in [0.3, 0.4) is 0 Å². The van der Waals surface area contributed by atoms with E-state index in [9.17, 15) is 12.8 Å². The average molecular weight is 424 g/mol. The Morgan fingerprint density at radius 2 is 1.53 bits per heavy atom. The second kappa shape index (κ2) is 8.38. The van der Waals surface area contributed by atoms with E-state index in [0.29, 0.717) is 17.0 Å². The molecule has 0 aliphatic carbocycles. The first-order valence-corrected chi connectivity index (χ1v) is 10.5. The number of hydrogen-bond acceptors (Lipinski definition) is 5. The lowest BCUT2D eigenvalue weighted by Crippen LogP contribution is -2.12. The standard InChI is InChI=1S/C22H17FN2O4S/c23-17-11-13-18(14-12-17)28-15-20-24-21(16-7-3-1-4-8-16)22(29-20)25-30(26,27)19-9-5-2-6-10-19/h1-14,25H,15H2. The molecule has 0 bridgehead atoms. The maximum Gasteiger partial charge on any atom is 0.264 e. The molecule has 0 amide bonds. The molecule has 30 heavy (non-hydrogen) atoms. The Morgan fingerprint density at radius 1 is 0.900 bits per heavy atom. The molecule has 0 radical (unpaired) electrons. The highest BCUT2D eigenvalue weighted by atomic mass is 32.2. The number of rotatable bonds is 7. The molecular formula is C22H17FN2O4S. The highest BCUT2D eigenvalue weighted by Gasteiger charge is 2.22. The van der Waals surface area contributed by atoms with Gasteiger partial charge in [0, 0.05) is 5.56 Å². The van der Waals surface area contributed by atoms with Crippen LogP contribution in [0.5, 0.6) is 5.75 Å². The van der Waals surface area contributed by atoms with Crippen molar-refractivity contribution in [3.8, 4) is 17.0 Å². The van der Waals surface area contributed by atoms with Gasteiger partial charge in [0.05, 0.1) is 4.90 Å². The molecular weight excluding hydrogens is 407 g/mol. The number of halogens is 1. The van der Waals surface area contributed by atoms with Crippen molar-refractivity contribution in [1.82, 2.24) is 4.98 Å². The minimum atomic E-state index is -3.87. The summed E-state index contributed by atoms with van der Waals surface area (Å²) >= 11 is 0. The van der Waals surface area contributed by atoms with Crippen molar-refractivity contribution in [2.24, 2.45) is 0 Å². The Morgan fingerprint density at radius 3 is 2.20 bits per heavy atom. The molecule has 1 aromatic heterocycles. The zero-order valence-corrected chi connectivity index (χ0v) is 16.5. The normalized spacial score (nSPS) is 11.2. The molecule has 0 fully saturated rings. The highest BCUT2D eigenvalue weighted by Crippen LogP contribution is 2.30. The summed E-state index contributed by atoms with van der Waals surface area (Å²) in [7, 11) is -3.87. The summed E-state index contributed by atoms with van der Waals surface area (Å²) in [5, 5.41) is 0. The van der Waals surface area contributed by atoms with Gasteiger partial charge in [-0.1, -0.05) is 48.5 Å². The number of nitrogens with one attached hydrogen (secondary N) is 1. The van der Waals surface area contributed by atoms with Gasteiger partial charge in [-0.15, -0.1) is 0 Å². The van der Waals surface area contributed by atoms with Crippen LogP contribution in [0.15, 0.2) is 94.2 Å². The van der Waals surface area contributed by atoms with E-state index in [0.717, 1.165) is 0 Å². The van der Waals surface area contributed by atoms with E-state index < -0.39 is 10.0 Å². The second-order valence-electron chi connectivity index (χ2n) is 6.31. The maximum atomic E-state index is 13.0. The molecule has 8 heteroatoms. The minimum Gasteiger partial charge on any atom is -0.484 e. The van der Waals surface area contributed by atoms with E-state index in [1.165, 1.54) is 36.4 Å². The SMILES string of the molecule is O=S(=O)(Nc1oc(COc2ccc(F)cc2)nc1-c1ccccc1)c1ccccc1. The van der Waals surface area contributed by atoms with Gasteiger partial charge in [-0.2, -0.15) is 0 Å². The zero-order valence-electron chi connectivity index (χ0n) is 15.7. The van der Waals surface area contributed by atoms with E-state index in [1.807, 2.05) is 18.2 Å². The van der Waals surface area contributed by atoms with Crippen LogP contribution >= 0.6 is 0 Å². The number of nitrogens with zero attached hydrogens (tertiary/aromatic N) is 1. The van der Waals surface area contributed by atoms with Crippen LogP contribution in [-0.4, -0.2) is 13.4 Å². The lowest BCUT2D eigenvalue weighted by molar-refractivity contribution is 0.265. The highest BCUT2D eigenvalue weighted by molar-refractivity contribution is 7.92. The van der Waals surface area contributed by atoms with Gasteiger partial charge in [0.1, 0.15) is 17.3 Å². The van der Waals surface area contributed by atoms with Crippen molar-refractivity contribution in [2.75, 3.05) is 4.72 Å². The summed E-state index contributed by atoms with van der Waals surface area (Å²) < 4.78 is 52.2. The molecule has 0 saturated carbocycles. The summed E-state index contributed by atoms with van der Waals surface area (Å²) in [6, 6.07) is 22.5. The van der Waals surface area contributed by atoms with Crippen LogP contribution in [0, 0.1) is 5.82 Å². The number of anilines is 1. The third-order valence-corrected chi connectivity index (χ3v) is 5.52. The van der Waals surface area contributed by atoms with E-state index in [1.54, 1.807) is 30.3 Å². The fourth-order valence-electron chi connectivity index (χ4n) is 2.74. The fourth-order valence-corrected chi connectivity index (χ4v) is 3.76. The smallest absolute Gasteiger partial charge is 0.264 e. The largest absolute Gasteiger partial charge is 0.484 e. The molecule has 0 spiro atoms. The quantitative estimate of drug-likeness (QED) is 0.458. The van der Waals surface area contributed by atoms with Crippen molar-refractivity contribution in [1.29, 1.82) is 0 Å². The molecule has 0 saturated heterocycles. The van der Waals surface area contributed by atoms with Gasteiger partial charge >= 0.3 is 0 Å². The average Bonchev–Trinajstić information content (AvgIpc) is 3.16. The fraction of sp³-hybridized carbons (Fsp3) is 0.0455. The Kier molecular flexibility index (Phi) is 5.49. The van der Waals surface area contributed by atoms with Crippen LogP contribution < -0.4 is 9.46 Å². The van der Waals surface area contributed by atoms with Crippen molar-refractivity contribution in [3.63, 3.8) is 0 Å². The third kappa shape index (κ3) is 4.49. The molecule has 6 nitrogen and oxygen atoms in total. The number of hydrogen-bond donors (Lipinski definition) is 1. The first-order valence-electron chi connectivity index (χ1n) is 9.03. The molecule has 1 N–H and O–H groups in total. The van der Waals surface area contributed by atoms with E-state index in [-0.39, 0.29) is 29.1 Å². The van der Waals surface area contributed by atoms with Crippen molar-refractivity contribution < 1.29 is 22.0 Å². The number of aromatic nitrogens is 1. The Balaban J connectivity index is 1.63. The van der Waals surface area contributed by atoms with Gasteiger partial charge in [-0.3, -0.25) is 0 Å². The lowest BCUT2D eigenvalue weighted by atomic mass is 10.2. The molecule has 0 atom stereocenters. The zero-order chi connectivity index (χ0) is 21.0. The lowest BCUT2D eigenvalue weighted by Gasteiger charge is -2.06. The first kappa shape index (κ1) is 19.7. The molecule has 3 aromatic carbocycles. The molecule has 0 aliphatic rings. The van der Waals surface area contributed by atoms with Gasteiger partial charge in [-0.05, 0) is 36.4 Å². The van der Waals surface area contributed by atoms with E-state index >= 15 is 0 Å². The summed E-state index contributed by atoms with van der Waals surface area (Å²) in [6.07, 6.45) is 0. The summed E-state index contributed by atoms with van der Waals surface area (Å²) in [5.41, 5.74) is 1.02. The third-order valence-electron chi connectivity index (χ3n) is 4.18. The van der Waals surface area contributed by atoms with Crippen molar-refractivity contribution >= 4 is 15.9 Å². The van der Waals surface area contributed by atoms with Gasteiger partial charge < -0.3 is 9.15 Å². The summed E-state index contributed by atoms with van der Waals surface area (Å²) in [4.78, 5) is 4.50. The monoisotopic (exact) mass is 424 g/mol. The van der Waals surface area contributed by atoms with Crippen LogP contribution in [0.2, 0.25) is 0 Å². The van der Waals surface area contributed by atoms with Gasteiger partial charge in [0.2, 0.25) is 11.8 Å². The van der Waals surface area contributed by atoms with Crippen LogP contribution in [0.1, 0.15) is 5.89 Å². The first-order chi connectivity index (χ1) is 14.5. The summed E-state index contributed by atoms with van der Waals surface area (Å²) in [5.74, 6) is 0.219. The number of ether oxygens (including phenoxy) is 1. The molecule has 4 rings (SSSR count). The predicted molar refractivity (Wildman–Crippen MR) is 110 cm³/mol. The molecule has 1 heterocycles. The minimum absolute atomic E-state index is 0.0113. The van der Waals surface area contributed by atoms with Crippen LogP contribution in [-0.2, 0) is 16.6 Å². The van der Waals surface area contributed by atoms with Gasteiger partial charge in [0.15, 0.2) is 6.61 Å². The molecule has 4 aromatic rings. The number of benzene rings is 3. The summed E-state index contributed by atoms with van der Waals surface area (Å²) in [6.45, 7) is -0.0570. The number of sulfonamides is 1. The predicted octanol–water partition coefficient (Wildman–Crippen LogP) is 4.86. The Bertz CT molecular complexity index is 1230. The van der Waals surface area contributed by atoms with Gasteiger partial charge in [-0.25, -0.2) is 22.5 Å². The van der Waals surface area contributed by atoms with E-state index in [4.69, 9.17) is 9.15 Å². The van der Waals surface area contributed by atoms with Gasteiger partial charge in [0.25, 0.3) is 10.0 Å². The van der Waals surface area contributed by atoms with Crippen LogP contribution in [0.25, 0.3) is 11.3 Å². The maximum absolute atomic E-state index is 13.0. The molecule has 0 unspecified atom stereocenters. The molecule has 0 aliphatic heterocycles. The van der Waals surface area contributed by atoms with Crippen LogP contribution in [0.4, 0.5) is 10.3 Å². The van der Waals surface area contributed by atoms with E-state index in [2.05, 4.69) is 9.71 Å².